The highest BCUT2D eigenvalue weighted by Crippen LogP contribution is 2.24. The summed E-state index contributed by atoms with van der Waals surface area (Å²) in [4.78, 5) is 0. The molecule has 0 aliphatic carbocycles. The van der Waals surface area contributed by atoms with Crippen molar-refractivity contribution in [1.29, 1.82) is 5.26 Å². The van der Waals surface area contributed by atoms with E-state index in [0.717, 1.165) is 17.1 Å². The topological polar surface area (TPSA) is 53.2 Å². The molecule has 0 fully saturated rings. The number of nitriles is 1. The Morgan fingerprint density at radius 2 is 2.33 bits per heavy atom. The van der Waals surface area contributed by atoms with Gasteiger partial charge in [0, 0.05) is 17.1 Å². The average Bonchev–Trinajstić information content (AvgIpc) is 2.29. The summed E-state index contributed by atoms with van der Waals surface area (Å²) >= 11 is 1.62. The molecule has 0 bridgehead atoms. The number of aliphatic hydroxyl groups is 1. The molecule has 0 aromatic heterocycles. The molecule has 1 N–H and O–H groups in total. The molecule has 0 spiro atoms. The van der Waals surface area contributed by atoms with Gasteiger partial charge in [-0.25, -0.2) is 0 Å². The van der Waals surface area contributed by atoms with E-state index in [2.05, 4.69) is 6.07 Å². The number of nitrogens with zero attached hydrogens (tertiary/aromatic N) is 1. The van der Waals surface area contributed by atoms with Gasteiger partial charge >= 0.3 is 0 Å². The maximum atomic E-state index is 8.76. The third-order valence-corrected chi connectivity index (χ3v) is 2.89. The third kappa shape index (κ3) is 3.46. The lowest BCUT2D eigenvalue weighted by molar-refractivity contribution is 0.322. The predicted octanol–water partition coefficient (Wildman–Crippen LogP) is 1.79. The van der Waals surface area contributed by atoms with Crippen LogP contribution in [0.3, 0.4) is 0 Å². The van der Waals surface area contributed by atoms with Gasteiger partial charge in [0.1, 0.15) is 5.75 Å². The van der Waals surface area contributed by atoms with Crippen LogP contribution < -0.4 is 4.74 Å². The number of thioether (sulfide) groups is 1. The first-order chi connectivity index (χ1) is 7.31. The first-order valence-corrected chi connectivity index (χ1v) is 5.73. The van der Waals surface area contributed by atoms with Crippen molar-refractivity contribution in [1.82, 2.24) is 0 Å². The highest BCUT2D eigenvalue weighted by Gasteiger charge is 2.04. The minimum absolute atomic E-state index is 0.172. The highest BCUT2D eigenvalue weighted by atomic mass is 32.2. The maximum absolute atomic E-state index is 8.76. The van der Waals surface area contributed by atoms with E-state index in [1.54, 1.807) is 31.0 Å². The molecule has 1 rings (SSSR count). The molecular formula is C11H13NO2S. The fourth-order valence-corrected chi connectivity index (χ4v) is 1.93. The molecule has 0 unspecified atom stereocenters. The lowest BCUT2D eigenvalue weighted by atomic mass is 10.1. The summed E-state index contributed by atoms with van der Waals surface area (Å²) in [6, 6.07) is 7.45. The summed E-state index contributed by atoms with van der Waals surface area (Å²) in [6.07, 6.45) is 0. The van der Waals surface area contributed by atoms with Gasteiger partial charge in [0.25, 0.3) is 0 Å². The SMILES string of the molecule is COc1ccc(C#N)cc1CSCCO. The van der Waals surface area contributed by atoms with Gasteiger partial charge in [-0.15, -0.1) is 0 Å². The van der Waals surface area contributed by atoms with Gasteiger partial charge in [-0.05, 0) is 18.2 Å². The maximum Gasteiger partial charge on any atom is 0.122 e. The summed E-state index contributed by atoms with van der Waals surface area (Å²) in [6.45, 7) is 0.172. The second-order valence-corrected chi connectivity index (χ2v) is 4.02. The predicted molar refractivity (Wildman–Crippen MR) is 61.0 cm³/mol. The molecule has 3 nitrogen and oxygen atoms in total. The van der Waals surface area contributed by atoms with Crippen LogP contribution in [0.5, 0.6) is 5.75 Å². The van der Waals surface area contributed by atoms with Crippen LogP contribution in [0.2, 0.25) is 0 Å². The molecule has 0 aliphatic rings. The van der Waals surface area contributed by atoms with Gasteiger partial charge in [-0.2, -0.15) is 17.0 Å². The van der Waals surface area contributed by atoms with Crippen LogP contribution in [0.25, 0.3) is 0 Å². The van der Waals surface area contributed by atoms with E-state index in [-0.39, 0.29) is 6.61 Å². The molecule has 0 heterocycles. The normalized spacial score (nSPS) is 9.67. The highest BCUT2D eigenvalue weighted by molar-refractivity contribution is 7.98. The van der Waals surface area contributed by atoms with Gasteiger partial charge in [0.2, 0.25) is 0 Å². The van der Waals surface area contributed by atoms with Gasteiger partial charge < -0.3 is 9.84 Å². The van der Waals surface area contributed by atoms with Crippen LogP contribution in [0.1, 0.15) is 11.1 Å². The fraction of sp³-hybridized carbons (Fsp3) is 0.364. The van der Waals surface area contributed by atoms with Crippen molar-refractivity contribution in [3.05, 3.63) is 29.3 Å². The van der Waals surface area contributed by atoms with Crippen molar-refractivity contribution in [3.63, 3.8) is 0 Å². The van der Waals surface area contributed by atoms with Crippen molar-refractivity contribution < 1.29 is 9.84 Å². The second-order valence-electron chi connectivity index (χ2n) is 2.91. The molecule has 0 saturated heterocycles. The molecule has 0 aliphatic heterocycles. The van der Waals surface area contributed by atoms with Gasteiger partial charge in [-0.3, -0.25) is 0 Å². The quantitative estimate of drug-likeness (QED) is 0.773. The lowest BCUT2D eigenvalue weighted by Crippen LogP contribution is -1.93. The van der Waals surface area contributed by atoms with Crippen molar-refractivity contribution in [2.24, 2.45) is 0 Å². The summed E-state index contributed by atoms with van der Waals surface area (Å²) in [7, 11) is 1.61. The Hall–Kier alpha value is -1.18. The minimum atomic E-state index is 0.172. The molecule has 0 amide bonds. The smallest absolute Gasteiger partial charge is 0.122 e. The Bertz CT molecular complexity index is 360. The van der Waals surface area contributed by atoms with E-state index in [9.17, 15) is 0 Å². The van der Waals surface area contributed by atoms with E-state index >= 15 is 0 Å². The van der Waals surface area contributed by atoms with Crippen LogP contribution >= 0.6 is 11.8 Å². The van der Waals surface area contributed by atoms with Crippen LogP contribution in [0, 0.1) is 11.3 Å². The molecular weight excluding hydrogens is 210 g/mol. The molecule has 0 saturated carbocycles. The number of ether oxygens (including phenoxy) is 1. The van der Waals surface area contributed by atoms with E-state index < -0.39 is 0 Å². The van der Waals surface area contributed by atoms with Crippen molar-refractivity contribution in [2.45, 2.75) is 5.75 Å². The molecule has 1 aromatic carbocycles. The first-order valence-electron chi connectivity index (χ1n) is 4.57. The zero-order chi connectivity index (χ0) is 11.1. The Labute approximate surface area is 93.7 Å². The van der Waals surface area contributed by atoms with Crippen LogP contribution in [0.4, 0.5) is 0 Å². The third-order valence-electron chi connectivity index (χ3n) is 1.90. The Balaban J connectivity index is 2.78. The van der Waals surface area contributed by atoms with Crippen LogP contribution in [-0.4, -0.2) is 24.6 Å². The van der Waals surface area contributed by atoms with Crippen molar-refractivity contribution in [3.8, 4) is 11.8 Å². The zero-order valence-electron chi connectivity index (χ0n) is 8.56. The van der Waals surface area contributed by atoms with Crippen LogP contribution in [-0.2, 0) is 5.75 Å². The first kappa shape index (κ1) is 11.9. The zero-order valence-corrected chi connectivity index (χ0v) is 9.38. The Morgan fingerprint density at radius 1 is 1.53 bits per heavy atom. The van der Waals surface area contributed by atoms with Crippen LogP contribution in [0.15, 0.2) is 18.2 Å². The summed E-state index contributed by atoms with van der Waals surface area (Å²) in [5.41, 5.74) is 1.63. The molecule has 80 valence electrons. The lowest BCUT2D eigenvalue weighted by Gasteiger charge is -2.07. The van der Waals surface area contributed by atoms with Gasteiger partial charge in [0.05, 0.1) is 25.3 Å². The van der Waals surface area contributed by atoms with E-state index in [1.807, 2.05) is 6.07 Å². The largest absolute Gasteiger partial charge is 0.496 e. The van der Waals surface area contributed by atoms with Crippen molar-refractivity contribution in [2.75, 3.05) is 19.5 Å². The molecule has 15 heavy (non-hydrogen) atoms. The summed E-state index contributed by atoms with van der Waals surface area (Å²) in [5, 5.41) is 17.4. The number of aliphatic hydroxyl groups excluding tert-OH is 1. The van der Waals surface area contributed by atoms with E-state index in [0.29, 0.717) is 11.3 Å². The second kappa shape index (κ2) is 6.33. The number of rotatable bonds is 5. The van der Waals surface area contributed by atoms with E-state index in [1.165, 1.54) is 0 Å². The standard InChI is InChI=1S/C11H13NO2S/c1-14-11-3-2-9(7-12)6-10(11)8-15-5-4-13/h2-3,6,13H,4-5,8H2,1H3. The molecule has 0 radical (unpaired) electrons. The number of benzene rings is 1. The number of hydrogen-bond acceptors (Lipinski definition) is 4. The summed E-state index contributed by atoms with van der Waals surface area (Å²) < 4.78 is 5.19. The summed E-state index contributed by atoms with van der Waals surface area (Å²) in [5.74, 6) is 2.23. The Morgan fingerprint density at radius 3 is 2.93 bits per heavy atom. The Kier molecular flexibility index (Phi) is 5.02. The molecule has 4 heteroatoms. The number of hydrogen-bond donors (Lipinski definition) is 1. The van der Waals surface area contributed by atoms with Gasteiger partial charge in [0.15, 0.2) is 0 Å². The van der Waals surface area contributed by atoms with Crippen molar-refractivity contribution >= 4 is 11.8 Å². The minimum Gasteiger partial charge on any atom is -0.496 e. The monoisotopic (exact) mass is 223 g/mol. The molecule has 1 aromatic rings. The molecule has 0 atom stereocenters. The number of methoxy groups -OCH3 is 1. The average molecular weight is 223 g/mol. The van der Waals surface area contributed by atoms with E-state index in [4.69, 9.17) is 15.1 Å². The fourth-order valence-electron chi connectivity index (χ4n) is 1.21. The van der Waals surface area contributed by atoms with Gasteiger partial charge in [-0.1, -0.05) is 0 Å².